The van der Waals surface area contributed by atoms with Crippen molar-refractivity contribution in [1.29, 1.82) is 0 Å². The summed E-state index contributed by atoms with van der Waals surface area (Å²) in [6.07, 6.45) is 4.85. The number of benzene rings is 1. The molecule has 0 unspecified atom stereocenters. The molecule has 5 aromatic rings. The van der Waals surface area contributed by atoms with Gasteiger partial charge in [-0.3, -0.25) is 5.10 Å². The van der Waals surface area contributed by atoms with Crippen molar-refractivity contribution in [2.75, 3.05) is 19.3 Å². The lowest BCUT2D eigenvalue weighted by Gasteiger charge is -2.22. The Bertz CT molecular complexity index is 1720. The predicted molar refractivity (Wildman–Crippen MR) is 141 cm³/mol. The number of pyridine rings is 2. The molecule has 0 spiro atoms. The molecule has 1 fully saturated rings. The van der Waals surface area contributed by atoms with Crippen LogP contribution in [0.15, 0.2) is 48.7 Å². The van der Waals surface area contributed by atoms with Crippen molar-refractivity contribution >= 4 is 32.1 Å². The van der Waals surface area contributed by atoms with Crippen LogP contribution in [0.1, 0.15) is 30.0 Å². The fourth-order valence-electron chi connectivity index (χ4n) is 4.98. The highest BCUT2D eigenvalue weighted by Crippen LogP contribution is 2.34. The first-order valence-electron chi connectivity index (χ1n) is 12.1. The third-order valence-corrected chi connectivity index (χ3v) is 7.45. The summed E-state index contributed by atoms with van der Waals surface area (Å²) < 4.78 is 39.9. The maximum Gasteiger partial charge on any atom is 0.209 e. The van der Waals surface area contributed by atoms with Gasteiger partial charge in [0.2, 0.25) is 10.0 Å². The number of aromatic nitrogens is 5. The van der Waals surface area contributed by atoms with E-state index in [2.05, 4.69) is 36.3 Å². The molecule has 0 bridgehead atoms. The lowest BCUT2D eigenvalue weighted by atomic mass is 9.94. The van der Waals surface area contributed by atoms with Crippen LogP contribution in [0.2, 0.25) is 0 Å². The lowest BCUT2D eigenvalue weighted by molar-refractivity contribution is 0.454. The van der Waals surface area contributed by atoms with Crippen molar-refractivity contribution < 1.29 is 12.8 Å². The molecule has 5 heterocycles. The van der Waals surface area contributed by atoms with Crippen molar-refractivity contribution in [1.82, 2.24) is 35.2 Å². The first-order chi connectivity index (χ1) is 17.8. The molecule has 0 amide bonds. The van der Waals surface area contributed by atoms with Gasteiger partial charge in [-0.15, -0.1) is 0 Å². The minimum Gasteiger partial charge on any atom is -0.338 e. The topological polar surface area (TPSA) is 128 Å². The Morgan fingerprint density at radius 1 is 1.11 bits per heavy atom. The number of nitrogens with zero attached hydrogens (tertiary/aromatic N) is 3. The van der Waals surface area contributed by atoms with Gasteiger partial charge in [0.15, 0.2) is 0 Å². The van der Waals surface area contributed by atoms with Crippen LogP contribution in [0.3, 0.4) is 0 Å². The largest absolute Gasteiger partial charge is 0.338 e. The Morgan fingerprint density at radius 2 is 1.95 bits per heavy atom. The number of H-pyrrole nitrogens is 2. The molecule has 1 saturated heterocycles. The molecule has 6 rings (SSSR count). The Hall–Kier alpha value is -3.67. The average Bonchev–Trinajstić information content (AvgIpc) is 3.51. The van der Waals surface area contributed by atoms with Gasteiger partial charge in [0.25, 0.3) is 0 Å². The van der Waals surface area contributed by atoms with Crippen LogP contribution in [-0.2, 0) is 16.6 Å². The van der Waals surface area contributed by atoms with E-state index < -0.39 is 15.8 Å². The highest BCUT2D eigenvalue weighted by molar-refractivity contribution is 7.88. The molecule has 1 aliphatic rings. The number of rotatable bonds is 6. The zero-order valence-corrected chi connectivity index (χ0v) is 21.0. The number of piperidine rings is 1. The molecule has 0 aliphatic carbocycles. The Kier molecular flexibility index (Phi) is 5.98. The van der Waals surface area contributed by atoms with E-state index in [1.54, 1.807) is 12.3 Å². The number of hydrogen-bond acceptors (Lipinski definition) is 6. The zero-order chi connectivity index (χ0) is 25.6. The summed E-state index contributed by atoms with van der Waals surface area (Å²) in [5, 5.41) is 11.8. The Balaban J connectivity index is 1.40. The van der Waals surface area contributed by atoms with Crippen molar-refractivity contribution in [2.45, 2.75) is 25.3 Å². The van der Waals surface area contributed by atoms with E-state index in [-0.39, 0.29) is 6.54 Å². The van der Waals surface area contributed by atoms with Gasteiger partial charge in [0.1, 0.15) is 22.7 Å². The average molecular weight is 520 g/mol. The van der Waals surface area contributed by atoms with E-state index in [4.69, 9.17) is 4.98 Å². The summed E-state index contributed by atoms with van der Waals surface area (Å²) in [6, 6.07) is 12.4. The minimum absolute atomic E-state index is 0.000521. The predicted octanol–water partition coefficient (Wildman–Crippen LogP) is 3.82. The van der Waals surface area contributed by atoms with Crippen molar-refractivity contribution in [3.63, 3.8) is 0 Å². The third kappa shape index (κ3) is 4.85. The third-order valence-electron chi connectivity index (χ3n) is 6.78. The lowest BCUT2D eigenvalue weighted by Crippen LogP contribution is -2.27. The molecular formula is C26H26FN7O2S. The van der Waals surface area contributed by atoms with Gasteiger partial charge in [0, 0.05) is 29.7 Å². The summed E-state index contributed by atoms with van der Waals surface area (Å²) >= 11 is 0. The van der Waals surface area contributed by atoms with Crippen molar-refractivity contribution in [3.05, 3.63) is 65.7 Å². The molecule has 9 nitrogen and oxygen atoms in total. The molecule has 0 saturated carbocycles. The molecule has 11 heteroatoms. The number of nitrogens with one attached hydrogen (secondary N) is 4. The van der Waals surface area contributed by atoms with Gasteiger partial charge >= 0.3 is 0 Å². The molecule has 4 aromatic heterocycles. The quantitative estimate of drug-likeness (QED) is 0.270. The van der Waals surface area contributed by atoms with Gasteiger partial charge in [-0.2, -0.15) is 5.10 Å². The smallest absolute Gasteiger partial charge is 0.209 e. The highest BCUT2D eigenvalue weighted by atomic mass is 32.2. The summed E-state index contributed by atoms with van der Waals surface area (Å²) in [5.41, 5.74) is 6.74. The molecule has 190 valence electrons. The number of sulfonamides is 1. The standard InChI is InChI=1S/C26H26FN7O2S/c1-37(35,36)30-14-15-10-17(12-18(27)11-15)19-6-9-29-26-20(19)13-23(32-26)25-24-22(33-34-25)3-2-21(31-24)16-4-7-28-8-5-16/h2-3,6,9-13,16,28,30H,4-5,7-8,14H2,1H3,(H,29,32)(H,33,34). The van der Waals surface area contributed by atoms with Gasteiger partial charge in [0.05, 0.1) is 17.5 Å². The second-order valence-corrected chi connectivity index (χ2v) is 11.3. The second-order valence-electron chi connectivity index (χ2n) is 9.47. The van der Waals surface area contributed by atoms with Gasteiger partial charge in [-0.1, -0.05) is 0 Å². The summed E-state index contributed by atoms with van der Waals surface area (Å²) in [7, 11) is -3.40. The molecule has 0 atom stereocenters. The zero-order valence-electron chi connectivity index (χ0n) is 20.2. The molecule has 1 aliphatic heterocycles. The SMILES string of the molecule is CS(=O)(=O)NCc1cc(F)cc(-c2ccnc3[nH]c(-c4n[nH]c5ccc(C6CCNCC6)nc45)cc23)c1. The first-order valence-corrected chi connectivity index (χ1v) is 14.0. The highest BCUT2D eigenvalue weighted by Gasteiger charge is 2.20. The number of aromatic amines is 2. The minimum atomic E-state index is -3.40. The number of hydrogen-bond donors (Lipinski definition) is 4. The van der Waals surface area contributed by atoms with Crippen LogP contribution in [0.25, 0.3) is 44.6 Å². The molecule has 4 N–H and O–H groups in total. The molecule has 1 aromatic carbocycles. The van der Waals surface area contributed by atoms with Crippen molar-refractivity contribution in [2.24, 2.45) is 0 Å². The fourth-order valence-corrected chi connectivity index (χ4v) is 5.40. The fraction of sp³-hybridized carbons (Fsp3) is 0.269. The first kappa shape index (κ1) is 23.7. The number of fused-ring (bicyclic) bond motifs is 2. The molecule has 0 radical (unpaired) electrons. The van der Waals surface area contributed by atoms with Crippen LogP contribution in [0, 0.1) is 5.82 Å². The van der Waals surface area contributed by atoms with E-state index >= 15 is 0 Å². The summed E-state index contributed by atoms with van der Waals surface area (Å²) in [5.74, 6) is -0.0276. The maximum atomic E-state index is 14.5. The van der Waals surface area contributed by atoms with E-state index in [0.717, 1.165) is 65.6 Å². The van der Waals surface area contributed by atoms with Gasteiger partial charge < -0.3 is 10.3 Å². The van der Waals surface area contributed by atoms with Crippen LogP contribution in [0.5, 0.6) is 0 Å². The van der Waals surface area contributed by atoms with Gasteiger partial charge in [-0.25, -0.2) is 27.5 Å². The van der Waals surface area contributed by atoms with Crippen LogP contribution >= 0.6 is 0 Å². The van der Waals surface area contributed by atoms with Crippen molar-refractivity contribution in [3.8, 4) is 22.5 Å². The normalized spacial score (nSPS) is 15.1. The molecule has 37 heavy (non-hydrogen) atoms. The van der Waals surface area contributed by atoms with Crippen LogP contribution in [-0.4, -0.2) is 52.9 Å². The summed E-state index contributed by atoms with van der Waals surface area (Å²) in [4.78, 5) is 12.8. The maximum absolute atomic E-state index is 14.5. The monoisotopic (exact) mass is 519 g/mol. The van der Waals surface area contributed by atoms with E-state index in [0.29, 0.717) is 28.4 Å². The van der Waals surface area contributed by atoms with E-state index in [9.17, 15) is 12.8 Å². The van der Waals surface area contributed by atoms with Gasteiger partial charge in [-0.05, 0) is 85.1 Å². The number of halogens is 1. The summed E-state index contributed by atoms with van der Waals surface area (Å²) in [6.45, 7) is 1.98. The van der Waals surface area contributed by atoms with Crippen LogP contribution in [0.4, 0.5) is 4.39 Å². The van der Waals surface area contributed by atoms with E-state index in [1.807, 2.05) is 18.2 Å². The van der Waals surface area contributed by atoms with Crippen LogP contribution < -0.4 is 10.0 Å². The second kappa shape index (κ2) is 9.33. The van der Waals surface area contributed by atoms with E-state index in [1.165, 1.54) is 12.1 Å². The Labute approximate surface area is 213 Å². The Morgan fingerprint density at radius 3 is 2.76 bits per heavy atom. The molecular weight excluding hydrogens is 493 g/mol.